The monoisotopic (exact) mass is 242 g/mol. The van der Waals surface area contributed by atoms with Gasteiger partial charge >= 0.3 is 0 Å². The average Bonchev–Trinajstić information content (AvgIpc) is 2.36. The number of hydrogen-bond donors (Lipinski definition) is 3. The molecule has 0 saturated carbocycles. The van der Waals surface area contributed by atoms with Crippen molar-refractivity contribution in [3.8, 4) is 0 Å². The second kappa shape index (κ2) is 5.51. The Morgan fingerprint density at radius 2 is 1.88 bits per heavy atom. The first-order chi connectivity index (χ1) is 7.97. The van der Waals surface area contributed by atoms with E-state index < -0.39 is 5.92 Å². The Morgan fingerprint density at radius 1 is 1.35 bits per heavy atom. The number of nitrogens with zero attached hydrogens (tertiary/aromatic N) is 2. The van der Waals surface area contributed by atoms with Gasteiger partial charge in [0, 0.05) is 19.0 Å². The Kier molecular flexibility index (Phi) is 4.30. The Morgan fingerprint density at radius 3 is 2.29 bits per heavy atom. The maximum absolute atomic E-state index is 11.9. The molecule has 1 aliphatic heterocycles. The van der Waals surface area contributed by atoms with E-state index in [1.165, 1.54) is 0 Å². The Hall–Kier alpha value is -1.79. The lowest BCUT2D eigenvalue weighted by Crippen LogP contribution is -2.46. The molecule has 0 radical (unpaired) electrons. The summed E-state index contributed by atoms with van der Waals surface area (Å²) >= 11 is 0. The van der Waals surface area contributed by atoms with Crippen molar-refractivity contribution < 1.29 is 14.8 Å². The maximum Gasteiger partial charge on any atom is 0.233 e. The molecule has 1 aliphatic rings. The van der Waals surface area contributed by atoms with Gasteiger partial charge in [0.05, 0.1) is 5.92 Å². The first-order valence-electron chi connectivity index (χ1n) is 5.53. The highest BCUT2D eigenvalue weighted by molar-refractivity contribution is 6.01. The van der Waals surface area contributed by atoms with Gasteiger partial charge in [-0.2, -0.15) is 0 Å². The lowest BCUT2D eigenvalue weighted by Gasteiger charge is -2.32. The minimum atomic E-state index is -0.648. The van der Waals surface area contributed by atoms with Gasteiger partial charge in [-0.15, -0.1) is 0 Å². The summed E-state index contributed by atoms with van der Waals surface area (Å²) in [5.74, 6) is -1.42. The number of rotatable bonds is 3. The van der Waals surface area contributed by atoms with Gasteiger partial charge in [-0.25, -0.2) is 0 Å². The largest absolute Gasteiger partial charge is 0.409 e. The first kappa shape index (κ1) is 13.3. The van der Waals surface area contributed by atoms with E-state index in [0.29, 0.717) is 25.9 Å². The van der Waals surface area contributed by atoms with Crippen LogP contribution < -0.4 is 11.5 Å². The van der Waals surface area contributed by atoms with Gasteiger partial charge < -0.3 is 21.6 Å². The van der Waals surface area contributed by atoms with Crippen molar-refractivity contribution >= 4 is 17.6 Å². The van der Waals surface area contributed by atoms with Crippen LogP contribution in [-0.4, -0.2) is 40.8 Å². The van der Waals surface area contributed by atoms with Gasteiger partial charge in [0.1, 0.15) is 0 Å². The van der Waals surface area contributed by atoms with Gasteiger partial charge in [-0.05, 0) is 19.8 Å². The van der Waals surface area contributed by atoms with E-state index in [-0.39, 0.29) is 23.6 Å². The minimum absolute atomic E-state index is 0.105. The van der Waals surface area contributed by atoms with E-state index in [0.717, 1.165) is 0 Å². The van der Waals surface area contributed by atoms with Crippen molar-refractivity contribution in [2.45, 2.75) is 19.8 Å². The van der Waals surface area contributed by atoms with Crippen LogP contribution in [0.5, 0.6) is 0 Å². The van der Waals surface area contributed by atoms with Crippen molar-refractivity contribution in [1.29, 1.82) is 0 Å². The molecule has 1 heterocycles. The van der Waals surface area contributed by atoms with Crippen LogP contribution in [0.1, 0.15) is 19.8 Å². The fourth-order valence-corrected chi connectivity index (χ4v) is 1.87. The zero-order valence-electron chi connectivity index (χ0n) is 9.80. The highest BCUT2D eigenvalue weighted by Gasteiger charge is 2.29. The van der Waals surface area contributed by atoms with Gasteiger partial charge in [-0.3, -0.25) is 9.59 Å². The molecule has 2 amide bonds. The summed E-state index contributed by atoms with van der Waals surface area (Å²) in [6, 6.07) is 0. The standard InChI is InChI=1S/C10H18N4O3/c1-6(8(11)13-17)10(16)14-4-2-7(3-5-14)9(12)15/h6-7,17H,2-5H2,1H3,(H2,11,13)(H2,12,15). The summed E-state index contributed by atoms with van der Waals surface area (Å²) in [6.07, 6.45) is 1.15. The number of oxime groups is 1. The van der Waals surface area contributed by atoms with Crippen molar-refractivity contribution in [3.05, 3.63) is 0 Å². The third-order valence-corrected chi connectivity index (χ3v) is 3.14. The van der Waals surface area contributed by atoms with Gasteiger partial charge in [0.15, 0.2) is 5.84 Å². The molecule has 5 N–H and O–H groups in total. The SMILES string of the molecule is CC(C(=O)N1CCC(C(N)=O)CC1)/C(N)=N/O. The van der Waals surface area contributed by atoms with Gasteiger partial charge in [0.25, 0.3) is 0 Å². The predicted molar refractivity (Wildman–Crippen MR) is 61.1 cm³/mol. The zero-order valence-corrected chi connectivity index (χ0v) is 9.80. The molecule has 1 fully saturated rings. The Labute approximate surface area is 99.4 Å². The zero-order chi connectivity index (χ0) is 13.0. The predicted octanol–water partition coefficient (Wildman–Crippen LogP) is -0.907. The third-order valence-electron chi connectivity index (χ3n) is 3.14. The molecule has 0 bridgehead atoms. The first-order valence-corrected chi connectivity index (χ1v) is 5.53. The number of carbonyl (C=O) groups is 2. The third kappa shape index (κ3) is 3.08. The summed E-state index contributed by atoms with van der Waals surface area (Å²) in [5, 5.41) is 11.3. The number of piperidine rings is 1. The molecule has 1 unspecified atom stereocenters. The molecular formula is C10H18N4O3. The number of primary amides is 1. The molecule has 96 valence electrons. The van der Waals surface area contributed by atoms with Crippen LogP contribution in [0, 0.1) is 11.8 Å². The second-order valence-electron chi connectivity index (χ2n) is 4.25. The second-order valence-corrected chi connectivity index (χ2v) is 4.25. The number of hydrogen-bond acceptors (Lipinski definition) is 4. The normalized spacial score (nSPS) is 20.1. The van der Waals surface area contributed by atoms with Crippen molar-refractivity contribution in [2.75, 3.05) is 13.1 Å². The summed E-state index contributed by atoms with van der Waals surface area (Å²) in [5.41, 5.74) is 10.6. The van der Waals surface area contributed by atoms with E-state index in [1.807, 2.05) is 0 Å². The number of likely N-dealkylation sites (tertiary alicyclic amines) is 1. The Bertz CT molecular complexity index is 334. The summed E-state index contributed by atoms with van der Waals surface area (Å²) < 4.78 is 0. The topological polar surface area (TPSA) is 122 Å². The quantitative estimate of drug-likeness (QED) is 0.257. The molecule has 1 rings (SSSR count). The fraction of sp³-hybridized carbons (Fsp3) is 0.700. The van der Waals surface area contributed by atoms with Crippen molar-refractivity contribution in [3.63, 3.8) is 0 Å². The van der Waals surface area contributed by atoms with E-state index in [4.69, 9.17) is 16.7 Å². The minimum Gasteiger partial charge on any atom is -0.409 e. The number of carbonyl (C=O) groups excluding carboxylic acids is 2. The molecule has 0 aliphatic carbocycles. The van der Waals surface area contributed by atoms with Crippen LogP contribution in [0.15, 0.2) is 5.16 Å². The highest BCUT2D eigenvalue weighted by Crippen LogP contribution is 2.18. The van der Waals surface area contributed by atoms with Gasteiger partial charge in [0.2, 0.25) is 11.8 Å². The number of amides is 2. The molecule has 0 aromatic heterocycles. The molecule has 0 aromatic carbocycles. The summed E-state index contributed by atoms with van der Waals surface area (Å²) in [6.45, 7) is 2.54. The molecule has 0 aromatic rings. The van der Waals surface area contributed by atoms with E-state index >= 15 is 0 Å². The maximum atomic E-state index is 11.9. The number of amidine groups is 1. The van der Waals surface area contributed by atoms with Crippen LogP contribution in [0.3, 0.4) is 0 Å². The fourth-order valence-electron chi connectivity index (χ4n) is 1.87. The van der Waals surface area contributed by atoms with Crippen LogP contribution in [0.4, 0.5) is 0 Å². The molecule has 17 heavy (non-hydrogen) atoms. The smallest absolute Gasteiger partial charge is 0.233 e. The molecule has 7 nitrogen and oxygen atoms in total. The summed E-state index contributed by atoms with van der Waals surface area (Å²) in [4.78, 5) is 24.5. The number of nitrogens with two attached hydrogens (primary N) is 2. The lowest BCUT2D eigenvalue weighted by atomic mass is 9.95. The van der Waals surface area contributed by atoms with Crippen LogP contribution in [0.2, 0.25) is 0 Å². The van der Waals surface area contributed by atoms with E-state index in [9.17, 15) is 9.59 Å². The van der Waals surface area contributed by atoms with Crippen LogP contribution in [0.25, 0.3) is 0 Å². The molecule has 0 spiro atoms. The van der Waals surface area contributed by atoms with Crippen molar-refractivity contribution in [2.24, 2.45) is 28.5 Å². The average molecular weight is 242 g/mol. The van der Waals surface area contributed by atoms with Crippen LogP contribution in [-0.2, 0) is 9.59 Å². The highest BCUT2D eigenvalue weighted by atomic mass is 16.4. The lowest BCUT2D eigenvalue weighted by molar-refractivity contribution is -0.136. The summed E-state index contributed by atoms with van der Waals surface area (Å²) in [7, 11) is 0. The molecule has 1 atom stereocenters. The van der Waals surface area contributed by atoms with E-state index in [1.54, 1.807) is 11.8 Å². The van der Waals surface area contributed by atoms with Crippen LogP contribution >= 0.6 is 0 Å². The molecule has 7 heteroatoms. The molecule has 1 saturated heterocycles. The Balaban J connectivity index is 2.54. The molecular weight excluding hydrogens is 224 g/mol. The van der Waals surface area contributed by atoms with Gasteiger partial charge in [-0.1, -0.05) is 5.16 Å². The van der Waals surface area contributed by atoms with Crippen molar-refractivity contribution in [1.82, 2.24) is 4.90 Å². The van der Waals surface area contributed by atoms with E-state index in [2.05, 4.69) is 5.16 Å².